The number of phenolic OH excluding ortho intramolecular Hbond substituents is 1. The second-order valence-electron chi connectivity index (χ2n) is 11.7. The van der Waals surface area contributed by atoms with Crippen LogP contribution in [0.25, 0.3) is 22.5 Å². The van der Waals surface area contributed by atoms with Gasteiger partial charge in [0.05, 0.1) is 30.9 Å². The molecule has 0 saturated carbocycles. The third kappa shape index (κ3) is 7.17. The van der Waals surface area contributed by atoms with Gasteiger partial charge in [-0.2, -0.15) is 0 Å². The second-order valence-corrected chi connectivity index (χ2v) is 11.7. The molecule has 2 fully saturated rings. The van der Waals surface area contributed by atoms with Gasteiger partial charge in [-0.3, -0.25) is 10.2 Å². The summed E-state index contributed by atoms with van der Waals surface area (Å²) >= 11 is 0. The van der Waals surface area contributed by atoms with Gasteiger partial charge in [0.15, 0.2) is 12.0 Å². The van der Waals surface area contributed by atoms with Crippen molar-refractivity contribution in [2.45, 2.75) is 70.2 Å². The van der Waals surface area contributed by atoms with Gasteiger partial charge < -0.3 is 49.4 Å². The molecule has 7 N–H and O–H groups in total. The van der Waals surface area contributed by atoms with Crippen molar-refractivity contribution < 1.29 is 49.4 Å². The van der Waals surface area contributed by atoms with Crippen LogP contribution in [0.15, 0.2) is 40.9 Å². The molecule has 2 aromatic carbocycles. The van der Waals surface area contributed by atoms with E-state index in [4.69, 9.17) is 18.7 Å². The van der Waals surface area contributed by atoms with Crippen molar-refractivity contribution in [3.05, 3.63) is 53.2 Å². The van der Waals surface area contributed by atoms with Crippen LogP contribution in [0.1, 0.15) is 49.7 Å². The molecule has 0 amide bonds. The Hall–Kier alpha value is -3.11. The number of phenols is 1. The lowest BCUT2D eigenvalue weighted by molar-refractivity contribution is -0.277. The maximum absolute atomic E-state index is 11.0. The van der Waals surface area contributed by atoms with Gasteiger partial charge in [-0.1, -0.05) is 50.2 Å². The average molecular weight is 630 g/mol. The summed E-state index contributed by atoms with van der Waals surface area (Å²) in [7, 11) is 0. The highest BCUT2D eigenvalue weighted by atomic mass is 16.7. The second kappa shape index (κ2) is 14.5. The molecule has 3 aromatic rings. The number of aliphatic hydroxyl groups excluding tert-OH is 5. The molecule has 1 aromatic heterocycles. The Kier molecular flexibility index (Phi) is 10.7. The Morgan fingerprint density at radius 2 is 1.76 bits per heavy atom. The number of benzene rings is 2. The van der Waals surface area contributed by atoms with Crippen molar-refractivity contribution in [1.82, 2.24) is 15.4 Å². The van der Waals surface area contributed by atoms with Gasteiger partial charge in [-0.15, -0.1) is 0 Å². The summed E-state index contributed by atoms with van der Waals surface area (Å²) in [6.45, 7) is 9.37. The highest BCUT2D eigenvalue weighted by Gasteiger charge is 2.45. The zero-order valence-corrected chi connectivity index (χ0v) is 25.7. The fraction of sp³-hybridized carbons (Fsp3) is 0.531. The summed E-state index contributed by atoms with van der Waals surface area (Å²) in [6.07, 6.45) is -8.77. The number of ether oxygens (including phenoxy) is 3. The van der Waals surface area contributed by atoms with E-state index < -0.39 is 43.5 Å². The molecule has 1 unspecified atom stereocenters. The van der Waals surface area contributed by atoms with Gasteiger partial charge in [0.25, 0.3) is 0 Å². The van der Waals surface area contributed by atoms with Gasteiger partial charge in [0.2, 0.25) is 6.29 Å². The molecule has 0 aliphatic carbocycles. The van der Waals surface area contributed by atoms with Gasteiger partial charge in [0.1, 0.15) is 41.6 Å². The summed E-state index contributed by atoms with van der Waals surface area (Å²) in [5, 5.41) is 70.0. The van der Waals surface area contributed by atoms with Crippen LogP contribution in [0.4, 0.5) is 0 Å². The minimum atomic E-state index is -1.68. The predicted molar refractivity (Wildman–Crippen MR) is 162 cm³/mol. The largest absolute Gasteiger partial charge is 0.508 e. The molecule has 0 spiro atoms. The predicted octanol–water partition coefficient (Wildman–Crippen LogP) is 1.45. The number of aromatic hydroxyl groups is 1. The van der Waals surface area contributed by atoms with Crippen LogP contribution in [-0.2, 0) is 16.0 Å². The molecule has 13 nitrogen and oxygen atoms in total. The summed E-state index contributed by atoms with van der Waals surface area (Å²) in [4.78, 5) is 2.32. The van der Waals surface area contributed by atoms with E-state index in [9.17, 15) is 30.6 Å². The first kappa shape index (κ1) is 33.3. The number of rotatable bonds is 11. The van der Waals surface area contributed by atoms with E-state index in [1.54, 1.807) is 6.07 Å². The molecule has 5 rings (SSSR count). The van der Waals surface area contributed by atoms with Crippen LogP contribution in [0.3, 0.4) is 0 Å². The summed E-state index contributed by atoms with van der Waals surface area (Å²) in [5.41, 5.74) is 3.45. The monoisotopic (exact) mass is 629 g/mol. The molecular formula is C32H43N3O10. The van der Waals surface area contributed by atoms with Crippen LogP contribution < -0.4 is 10.1 Å². The first-order valence-electron chi connectivity index (χ1n) is 15.3. The van der Waals surface area contributed by atoms with E-state index in [2.05, 4.69) is 15.4 Å². The number of aromatic nitrogens is 1. The lowest BCUT2D eigenvalue weighted by atomic mass is 9.93. The van der Waals surface area contributed by atoms with Crippen molar-refractivity contribution in [2.24, 2.45) is 0 Å². The number of aliphatic hydroxyl groups is 5. The Labute approximate surface area is 261 Å². The van der Waals surface area contributed by atoms with Crippen molar-refractivity contribution in [1.29, 1.82) is 0 Å². The average Bonchev–Trinajstić information content (AvgIpc) is 3.47. The third-order valence-electron chi connectivity index (χ3n) is 8.21. The van der Waals surface area contributed by atoms with Crippen LogP contribution in [0, 0.1) is 0 Å². The number of hydrogen-bond donors (Lipinski definition) is 7. The van der Waals surface area contributed by atoms with Crippen LogP contribution in [0.5, 0.6) is 11.5 Å². The smallest absolute Gasteiger partial charge is 0.229 e. The summed E-state index contributed by atoms with van der Waals surface area (Å²) < 4.78 is 23.0. The molecule has 2 aliphatic heterocycles. The quantitative estimate of drug-likeness (QED) is 0.151. The van der Waals surface area contributed by atoms with Crippen LogP contribution in [-0.4, -0.2) is 111 Å². The lowest BCUT2D eigenvalue weighted by Gasteiger charge is -2.39. The van der Waals surface area contributed by atoms with E-state index in [0.29, 0.717) is 42.0 Å². The molecule has 246 valence electrons. The van der Waals surface area contributed by atoms with Gasteiger partial charge >= 0.3 is 0 Å². The number of morpholine rings is 1. The minimum Gasteiger partial charge on any atom is -0.508 e. The van der Waals surface area contributed by atoms with E-state index in [0.717, 1.165) is 25.2 Å². The highest BCUT2D eigenvalue weighted by Crippen LogP contribution is 2.45. The van der Waals surface area contributed by atoms with Crippen molar-refractivity contribution in [2.75, 3.05) is 39.5 Å². The Morgan fingerprint density at radius 3 is 2.40 bits per heavy atom. The van der Waals surface area contributed by atoms with Gasteiger partial charge in [0, 0.05) is 25.7 Å². The molecule has 2 aliphatic rings. The standard InChI is InChI=1S/C32H43N3O10/c1-4-33-31(41)26-25(19-7-5-18(6-8-19)15-35-9-11-42-12-10-35)30(45-34-26)21-13-20(17(2)3)22(37)14-23(21)43-32-29(40)28(39)27(38)24(16-36)44-32/h5-8,13-14,17,24,27-29,31-33,36-41H,4,9-12,15-16H2,1-3H3/t24-,27+,28+,29-,31?,32-/m1/s1. The molecule has 0 radical (unpaired) electrons. The van der Waals surface area contributed by atoms with Crippen LogP contribution >= 0.6 is 0 Å². The normalized spacial score (nSPS) is 25.0. The van der Waals surface area contributed by atoms with Crippen molar-refractivity contribution >= 4 is 0 Å². The molecule has 3 heterocycles. The van der Waals surface area contributed by atoms with Crippen molar-refractivity contribution in [3.63, 3.8) is 0 Å². The number of nitrogens with one attached hydrogen (secondary N) is 1. The number of hydrogen-bond acceptors (Lipinski definition) is 13. The third-order valence-corrected chi connectivity index (χ3v) is 8.21. The Balaban J connectivity index is 1.58. The Bertz CT molecular complexity index is 1410. The lowest BCUT2D eigenvalue weighted by Crippen LogP contribution is -2.60. The molecule has 2 saturated heterocycles. The molecule has 45 heavy (non-hydrogen) atoms. The summed E-state index contributed by atoms with van der Waals surface area (Å²) in [5.74, 6) is 0.0499. The van der Waals surface area contributed by atoms with Crippen LogP contribution in [0.2, 0.25) is 0 Å². The molecule has 13 heteroatoms. The zero-order chi connectivity index (χ0) is 32.2. The first-order valence-corrected chi connectivity index (χ1v) is 15.3. The SMILES string of the molecule is CCNC(O)c1noc(-c2cc(C(C)C)c(O)cc2O[C@@H]2O[C@H](CO)[C@H](O)[C@H](O)[C@H]2O)c1-c1ccc(CN2CCOCC2)cc1. The maximum Gasteiger partial charge on any atom is 0.229 e. The van der Waals surface area contributed by atoms with E-state index in [1.807, 2.05) is 45.0 Å². The zero-order valence-electron chi connectivity index (χ0n) is 25.7. The van der Waals surface area contributed by atoms with E-state index in [1.165, 1.54) is 6.07 Å². The van der Waals surface area contributed by atoms with Crippen molar-refractivity contribution in [3.8, 4) is 33.9 Å². The highest BCUT2D eigenvalue weighted by molar-refractivity contribution is 5.85. The summed E-state index contributed by atoms with van der Waals surface area (Å²) in [6, 6.07) is 10.9. The maximum atomic E-state index is 11.0. The fourth-order valence-electron chi connectivity index (χ4n) is 5.65. The molecule has 0 bridgehead atoms. The topological polar surface area (TPSA) is 190 Å². The first-order chi connectivity index (χ1) is 21.6. The fourth-order valence-corrected chi connectivity index (χ4v) is 5.65. The Morgan fingerprint density at radius 1 is 1.04 bits per heavy atom. The molecular weight excluding hydrogens is 586 g/mol. The van der Waals surface area contributed by atoms with E-state index in [-0.39, 0.29) is 28.9 Å². The van der Waals surface area contributed by atoms with Gasteiger partial charge in [-0.25, -0.2) is 0 Å². The van der Waals surface area contributed by atoms with Gasteiger partial charge in [-0.05, 0) is 35.2 Å². The molecule has 6 atom stereocenters. The number of nitrogens with zero attached hydrogens (tertiary/aromatic N) is 2. The van der Waals surface area contributed by atoms with E-state index >= 15 is 0 Å². The minimum absolute atomic E-state index is 0.0204.